The van der Waals surface area contributed by atoms with Gasteiger partial charge in [0, 0.05) is 34.0 Å². The predicted molar refractivity (Wildman–Crippen MR) is 167 cm³/mol. The summed E-state index contributed by atoms with van der Waals surface area (Å²) >= 11 is 1.58. The van der Waals surface area contributed by atoms with Gasteiger partial charge in [0.2, 0.25) is 0 Å². The summed E-state index contributed by atoms with van der Waals surface area (Å²) in [5.41, 5.74) is 6.58. The van der Waals surface area contributed by atoms with E-state index in [9.17, 15) is 9.90 Å². The summed E-state index contributed by atoms with van der Waals surface area (Å²) in [6.45, 7) is 5.25. The van der Waals surface area contributed by atoms with Gasteiger partial charge in [0.25, 0.3) is 5.91 Å². The number of H-pyrrole nitrogens is 1. The van der Waals surface area contributed by atoms with Gasteiger partial charge >= 0.3 is 0 Å². The van der Waals surface area contributed by atoms with Crippen LogP contribution in [-0.2, 0) is 6.54 Å². The van der Waals surface area contributed by atoms with Crippen LogP contribution in [0.5, 0.6) is 5.88 Å². The fourth-order valence-corrected chi connectivity index (χ4v) is 6.26. The van der Waals surface area contributed by atoms with Crippen molar-refractivity contribution in [3.63, 3.8) is 0 Å². The second kappa shape index (κ2) is 12.1. The third kappa shape index (κ3) is 5.97. The molecule has 41 heavy (non-hydrogen) atoms. The Morgan fingerprint density at radius 3 is 2.61 bits per heavy atom. The van der Waals surface area contributed by atoms with Crippen molar-refractivity contribution in [3.8, 4) is 5.88 Å². The summed E-state index contributed by atoms with van der Waals surface area (Å²) in [6.07, 6.45) is 3.29. The molecule has 208 valence electrons. The van der Waals surface area contributed by atoms with Crippen molar-refractivity contribution in [1.82, 2.24) is 15.2 Å². The van der Waals surface area contributed by atoms with E-state index in [1.807, 2.05) is 71.4 Å². The predicted octanol–water partition coefficient (Wildman–Crippen LogP) is 7.58. The van der Waals surface area contributed by atoms with Crippen LogP contribution < -0.4 is 5.32 Å². The molecule has 0 saturated carbocycles. The number of likely N-dealkylation sites (tertiary alicyclic amines) is 1. The molecule has 7 heteroatoms. The zero-order chi connectivity index (χ0) is 28.2. The van der Waals surface area contributed by atoms with E-state index in [4.69, 9.17) is 4.99 Å². The number of aromatic hydroxyl groups is 1. The zero-order valence-corrected chi connectivity index (χ0v) is 24.0. The van der Waals surface area contributed by atoms with E-state index in [1.165, 1.54) is 18.4 Å². The average Bonchev–Trinajstić information content (AvgIpc) is 3.77. The summed E-state index contributed by atoms with van der Waals surface area (Å²) in [5.74, 6) is -0.121. The molecule has 1 saturated heterocycles. The fraction of sp³-hybridized carbons (Fsp3) is 0.235. The average molecular weight is 563 g/mol. The fourth-order valence-electron chi connectivity index (χ4n) is 5.62. The van der Waals surface area contributed by atoms with Crippen LogP contribution in [0, 0.1) is 0 Å². The number of aromatic amines is 1. The Morgan fingerprint density at radius 1 is 1.02 bits per heavy atom. The number of aromatic nitrogens is 1. The Morgan fingerprint density at radius 2 is 1.85 bits per heavy atom. The number of fused-ring (bicyclic) bond motifs is 1. The Labute approximate surface area is 244 Å². The van der Waals surface area contributed by atoms with Gasteiger partial charge in [0.1, 0.15) is 0 Å². The van der Waals surface area contributed by atoms with Gasteiger partial charge < -0.3 is 15.4 Å². The van der Waals surface area contributed by atoms with E-state index in [2.05, 4.69) is 34.3 Å². The first-order chi connectivity index (χ1) is 20.1. The lowest BCUT2D eigenvalue weighted by Gasteiger charge is -2.17. The lowest BCUT2D eigenvalue weighted by atomic mass is 10.0. The number of thiophene rings is 1. The minimum Gasteiger partial charge on any atom is -0.494 e. The monoisotopic (exact) mass is 562 g/mol. The Hall–Kier alpha value is -4.20. The Kier molecular flexibility index (Phi) is 7.98. The molecule has 1 aliphatic heterocycles. The lowest BCUT2D eigenvalue weighted by molar-refractivity contribution is 0.0935. The molecular weight excluding hydrogens is 528 g/mol. The van der Waals surface area contributed by atoms with Gasteiger partial charge in [-0.05, 0) is 85.3 Å². The van der Waals surface area contributed by atoms with Crippen molar-refractivity contribution < 1.29 is 9.90 Å². The first-order valence-electron chi connectivity index (χ1n) is 14.2. The molecule has 3 heterocycles. The van der Waals surface area contributed by atoms with Crippen LogP contribution in [0.15, 0.2) is 94.6 Å². The number of nitrogens with one attached hydrogen (secondary N) is 2. The van der Waals surface area contributed by atoms with Crippen molar-refractivity contribution in [2.45, 2.75) is 38.8 Å². The summed E-state index contributed by atoms with van der Waals surface area (Å²) < 4.78 is 0. The standard InChI is InChI=1S/C34H34N4O2S/c1-2-29(24-10-4-3-5-11-24)36-33(39)25-13-14-30-28(20-25)31(34(40)37-30)32(26-15-18-41-22-26)35-27-12-8-9-23(19-27)21-38-16-6-7-17-38/h3-5,8-15,18-20,22,29,37,40H,2,6-7,16-17,21H2,1H3,(H,36,39)/t29-/m1/s1. The van der Waals surface area contributed by atoms with Gasteiger partial charge in [-0.3, -0.25) is 9.69 Å². The van der Waals surface area contributed by atoms with Gasteiger partial charge in [-0.15, -0.1) is 0 Å². The van der Waals surface area contributed by atoms with Crippen molar-refractivity contribution in [2.75, 3.05) is 13.1 Å². The molecule has 0 aliphatic carbocycles. The molecule has 3 aromatic carbocycles. The topological polar surface area (TPSA) is 80.7 Å². The molecule has 5 aromatic rings. The molecule has 6 rings (SSSR count). The highest BCUT2D eigenvalue weighted by Gasteiger charge is 2.22. The molecule has 0 radical (unpaired) electrons. The van der Waals surface area contributed by atoms with Crippen molar-refractivity contribution >= 4 is 39.5 Å². The second-order valence-corrected chi connectivity index (χ2v) is 11.4. The number of rotatable bonds is 9. The van der Waals surface area contributed by atoms with Gasteiger partial charge in [-0.2, -0.15) is 11.3 Å². The van der Waals surface area contributed by atoms with Crippen LogP contribution in [0.25, 0.3) is 10.9 Å². The van der Waals surface area contributed by atoms with E-state index < -0.39 is 0 Å². The molecule has 0 unspecified atom stereocenters. The number of carbonyl (C=O) groups excluding carboxylic acids is 1. The number of benzene rings is 3. The number of hydrogen-bond donors (Lipinski definition) is 3. The number of carbonyl (C=O) groups is 1. The van der Waals surface area contributed by atoms with Crippen molar-refractivity contribution in [2.24, 2.45) is 4.99 Å². The van der Waals surface area contributed by atoms with Gasteiger partial charge in [-0.1, -0.05) is 49.4 Å². The van der Waals surface area contributed by atoms with Crippen LogP contribution >= 0.6 is 11.3 Å². The summed E-state index contributed by atoms with van der Waals surface area (Å²) in [6, 6.07) is 25.7. The lowest BCUT2D eigenvalue weighted by Crippen LogP contribution is -2.28. The quantitative estimate of drug-likeness (QED) is 0.162. The number of amides is 1. The SMILES string of the molecule is CC[C@@H](NC(=O)c1ccc2[nH]c(O)c(C(=Nc3cccc(CN4CCCC4)c3)c3ccsc3)c2c1)c1ccccc1. The van der Waals surface area contributed by atoms with Crippen LogP contribution in [-0.4, -0.2) is 39.7 Å². The maximum Gasteiger partial charge on any atom is 0.251 e. The molecule has 0 spiro atoms. The second-order valence-electron chi connectivity index (χ2n) is 10.6. The van der Waals surface area contributed by atoms with Gasteiger partial charge in [0.15, 0.2) is 5.88 Å². The molecule has 1 atom stereocenters. The number of aliphatic imine (C=N–C) groups is 1. The van der Waals surface area contributed by atoms with Gasteiger partial charge in [0.05, 0.1) is 23.0 Å². The van der Waals surface area contributed by atoms with E-state index >= 15 is 0 Å². The highest BCUT2D eigenvalue weighted by Crippen LogP contribution is 2.33. The molecule has 6 nitrogen and oxygen atoms in total. The first kappa shape index (κ1) is 27.0. The highest BCUT2D eigenvalue weighted by atomic mass is 32.1. The van der Waals surface area contributed by atoms with Crippen LogP contribution in [0.1, 0.15) is 64.8 Å². The number of hydrogen-bond acceptors (Lipinski definition) is 5. The third-order valence-electron chi connectivity index (χ3n) is 7.74. The minimum absolute atomic E-state index is 0.0337. The summed E-state index contributed by atoms with van der Waals surface area (Å²) in [4.78, 5) is 24.1. The molecule has 1 amide bonds. The van der Waals surface area contributed by atoms with Crippen molar-refractivity contribution in [3.05, 3.63) is 117 Å². The van der Waals surface area contributed by atoms with E-state index in [0.29, 0.717) is 16.8 Å². The van der Waals surface area contributed by atoms with Crippen LogP contribution in [0.2, 0.25) is 0 Å². The maximum absolute atomic E-state index is 13.4. The highest BCUT2D eigenvalue weighted by molar-refractivity contribution is 7.08. The molecule has 1 aliphatic rings. The molecular formula is C34H34N4O2S. The number of nitrogens with zero attached hydrogens (tertiary/aromatic N) is 2. The summed E-state index contributed by atoms with van der Waals surface area (Å²) in [5, 5.41) is 19.1. The van der Waals surface area contributed by atoms with Crippen LogP contribution in [0.3, 0.4) is 0 Å². The normalized spacial score (nSPS) is 14.9. The van der Waals surface area contributed by atoms with E-state index in [1.54, 1.807) is 17.4 Å². The van der Waals surface area contributed by atoms with E-state index in [-0.39, 0.29) is 17.8 Å². The Balaban J connectivity index is 1.37. The largest absolute Gasteiger partial charge is 0.494 e. The zero-order valence-electron chi connectivity index (χ0n) is 23.1. The molecule has 3 N–H and O–H groups in total. The minimum atomic E-state index is -0.155. The smallest absolute Gasteiger partial charge is 0.251 e. The van der Waals surface area contributed by atoms with Crippen molar-refractivity contribution in [1.29, 1.82) is 0 Å². The molecule has 1 fully saturated rings. The van der Waals surface area contributed by atoms with Crippen LogP contribution in [0.4, 0.5) is 5.69 Å². The first-order valence-corrected chi connectivity index (χ1v) is 15.2. The maximum atomic E-state index is 13.4. The third-order valence-corrected chi connectivity index (χ3v) is 8.43. The molecule has 0 bridgehead atoms. The molecule has 2 aromatic heterocycles. The van der Waals surface area contributed by atoms with E-state index in [0.717, 1.165) is 53.8 Å². The Bertz CT molecular complexity index is 1670. The van der Waals surface area contributed by atoms with Gasteiger partial charge in [-0.25, -0.2) is 4.99 Å². The summed E-state index contributed by atoms with van der Waals surface area (Å²) in [7, 11) is 0.